The Hall–Kier alpha value is -2.92. The average molecular weight is 384 g/mol. The molecule has 3 rings (SSSR count). The van der Waals surface area contributed by atoms with Crippen LogP contribution in [-0.2, 0) is 9.59 Å². The summed E-state index contributed by atoms with van der Waals surface area (Å²) in [5.41, 5.74) is 1.05. The van der Waals surface area contributed by atoms with Gasteiger partial charge in [0.25, 0.3) is 0 Å². The standard InChI is InChI=1S/C21H18ClNO4/c22-14-10-11-18(17(12-14)19(24)13-6-2-1-3-7-13)23-20(25)15-8-4-5-9-16(15)21(26)27/h1-7,10-12,15-16H,8-9H2,(H,23,25)(H,26,27)/t15-,16+/m0/s1. The highest BCUT2D eigenvalue weighted by atomic mass is 35.5. The Morgan fingerprint density at radius 1 is 0.963 bits per heavy atom. The lowest BCUT2D eigenvalue weighted by molar-refractivity contribution is -0.146. The Bertz CT molecular complexity index is 908. The number of anilines is 1. The van der Waals surface area contributed by atoms with E-state index < -0.39 is 23.7 Å². The highest BCUT2D eigenvalue weighted by Crippen LogP contribution is 2.29. The van der Waals surface area contributed by atoms with E-state index in [0.717, 1.165) is 0 Å². The fraction of sp³-hybridized carbons (Fsp3) is 0.190. The van der Waals surface area contributed by atoms with E-state index in [9.17, 15) is 19.5 Å². The molecular formula is C21H18ClNO4. The van der Waals surface area contributed by atoms with Crippen molar-refractivity contribution in [1.29, 1.82) is 0 Å². The maximum atomic E-state index is 12.8. The first kappa shape index (κ1) is 18.9. The summed E-state index contributed by atoms with van der Waals surface area (Å²) in [5.74, 6) is -3.17. The molecule has 0 aromatic heterocycles. The summed E-state index contributed by atoms with van der Waals surface area (Å²) in [6.45, 7) is 0. The number of rotatable bonds is 5. The van der Waals surface area contributed by atoms with Crippen molar-refractivity contribution in [2.45, 2.75) is 12.8 Å². The van der Waals surface area contributed by atoms with Gasteiger partial charge in [-0.2, -0.15) is 0 Å². The molecule has 0 spiro atoms. The van der Waals surface area contributed by atoms with E-state index in [-0.39, 0.29) is 11.3 Å². The van der Waals surface area contributed by atoms with E-state index in [2.05, 4.69) is 5.32 Å². The molecule has 0 aliphatic heterocycles. The third kappa shape index (κ3) is 4.26. The number of benzene rings is 2. The molecule has 0 unspecified atom stereocenters. The van der Waals surface area contributed by atoms with Crippen molar-refractivity contribution in [3.63, 3.8) is 0 Å². The van der Waals surface area contributed by atoms with Gasteiger partial charge in [-0.05, 0) is 31.0 Å². The summed E-state index contributed by atoms with van der Waals surface area (Å²) < 4.78 is 0. The van der Waals surface area contributed by atoms with Gasteiger partial charge >= 0.3 is 5.97 Å². The largest absolute Gasteiger partial charge is 0.481 e. The number of hydrogen-bond acceptors (Lipinski definition) is 3. The Balaban J connectivity index is 1.89. The molecule has 2 atom stereocenters. The van der Waals surface area contributed by atoms with E-state index >= 15 is 0 Å². The molecule has 5 nitrogen and oxygen atoms in total. The zero-order valence-electron chi connectivity index (χ0n) is 14.4. The van der Waals surface area contributed by atoms with Crippen LogP contribution < -0.4 is 5.32 Å². The fourth-order valence-electron chi connectivity index (χ4n) is 3.16. The van der Waals surface area contributed by atoms with Gasteiger partial charge in [0.15, 0.2) is 5.78 Å². The molecule has 1 aliphatic rings. The van der Waals surface area contributed by atoms with E-state index in [1.54, 1.807) is 48.5 Å². The van der Waals surface area contributed by atoms with Crippen LogP contribution in [0.1, 0.15) is 28.8 Å². The number of allylic oxidation sites excluding steroid dienone is 2. The molecule has 0 saturated heterocycles. The van der Waals surface area contributed by atoms with Gasteiger partial charge in [0.05, 0.1) is 17.5 Å². The van der Waals surface area contributed by atoms with Crippen LogP contribution in [0, 0.1) is 11.8 Å². The Morgan fingerprint density at radius 2 is 1.63 bits per heavy atom. The summed E-state index contributed by atoms with van der Waals surface area (Å²) in [6, 6.07) is 13.3. The predicted octanol–water partition coefficient (Wildman–Crippen LogP) is 4.18. The van der Waals surface area contributed by atoms with Crippen molar-refractivity contribution in [3.05, 3.63) is 76.8 Å². The second kappa shape index (κ2) is 8.18. The van der Waals surface area contributed by atoms with Gasteiger partial charge in [0.2, 0.25) is 5.91 Å². The lowest BCUT2D eigenvalue weighted by Gasteiger charge is -2.24. The summed E-state index contributed by atoms with van der Waals surface area (Å²) in [6.07, 6.45) is 4.24. The molecule has 2 aromatic carbocycles. The molecule has 0 radical (unpaired) electrons. The van der Waals surface area contributed by atoms with E-state index in [4.69, 9.17) is 11.6 Å². The molecule has 0 saturated carbocycles. The number of carbonyl (C=O) groups excluding carboxylic acids is 2. The van der Waals surface area contributed by atoms with E-state index in [0.29, 0.717) is 29.1 Å². The Morgan fingerprint density at radius 3 is 2.30 bits per heavy atom. The molecule has 1 amide bonds. The summed E-state index contributed by atoms with van der Waals surface area (Å²) >= 11 is 6.05. The maximum absolute atomic E-state index is 12.8. The van der Waals surface area contributed by atoms with Crippen LogP contribution in [0.5, 0.6) is 0 Å². The number of halogens is 1. The monoisotopic (exact) mass is 383 g/mol. The van der Waals surface area contributed by atoms with Gasteiger partial charge in [-0.15, -0.1) is 0 Å². The van der Waals surface area contributed by atoms with Gasteiger partial charge in [-0.1, -0.05) is 54.1 Å². The maximum Gasteiger partial charge on any atom is 0.307 e. The number of carboxylic acids is 1. The van der Waals surface area contributed by atoms with Crippen LogP contribution in [-0.4, -0.2) is 22.8 Å². The van der Waals surface area contributed by atoms with Crippen molar-refractivity contribution in [3.8, 4) is 0 Å². The average Bonchev–Trinajstić information content (AvgIpc) is 2.69. The minimum absolute atomic E-state index is 0.264. The zero-order chi connectivity index (χ0) is 19.4. The lowest BCUT2D eigenvalue weighted by atomic mass is 9.82. The van der Waals surface area contributed by atoms with Crippen LogP contribution in [0.4, 0.5) is 5.69 Å². The smallest absolute Gasteiger partial charge is 0.307 e. The third-order valence-electron chi connectivity index (χ3n) is 4.61. The minimum atomic E-state index is -1.00. The van der Waals surface area contributed by atoms with E-state index in [1.807, 2.05) is 6.08 Å². The number of amides is 1. The second-order valence-electron chi connectivity index (χ2n) is 6.37. The first-order valence-corrected chi connectivity index (χ1v) is 8.93. The summed E-state index contributed by atoms with van der Waals surface area (Å²) in [5, 5.41) is 12.5. The van der Waals surface area contributed by atoms with Crippen molar-refractivity contribution >= 4 is 34.9 Å². The summed E-state index contributed by atoms with van der Waals surface area (Å²) in [4.78, 5) is 37.0. The van der Waals surface area contributed by atoms with Gasteiger partial charge in [-0.3, -0.25) is 14.4 Å². The Kier molecular flexibility index (Phi) is 5.72. The van der Waals surface area contributed by atoms with Crippen LogP contribution in [0.2, 0.25) is 5.02 Å². The SMILES string of the molecule is O=C(c1ccccc1)c1cc(Cl)ccc1NC(=O)[C@H]1CC=CC[C@H]1C(=O)O. The van der Waals surface area contributed by atoms with Crippen molar-refractivity contribution in [1.82, 2.24) is 0 Å². The van der Waals surface area contributed by atoms with Crippen molar-refractivity contribution < 1.29 is 19.5 Å². The van der Waals surface area contributed by atoms with Crippen LogP contribution in [0.25, 0.3) is 0 Å². The van der Waals surface area contributed by atoms with Crippen LogP contribution >= 0.6 is 11.6 Å². The summed E-state index contributed by atoms with van der Waals surface area (Å²) in [7, 11) is 0. The van der Waals surface area contributed by atoms with Gasteiger partial charge in [0, 0.05) is 16.1 Å². The van der Waals surface area contributed by atoms with Gasteiger partial charge in [-0.25, -0.2) is 0 Å². The third-order valence-corrected chi connectivity index (χ3v) is 4.84. The highest BCUT2D eigenvalue weighted by molar-refractivity contribution is 6.31. The Labute approximate surface area is 161 Å². The molecule has 0 bridgehead atoms. The number of carboxylic acid groups (broad SMARTS) is 1. The molecule has 2 N–H and O–H groups in total. The molecule has 1 aliphatic carbocycles. The zero-order valence-corrected chi connectivity index (χ0v) is 15.1. The molecule has 138 valence electrons. The van der Waals surface area contributed by atoms with Crippen molar-refractivity contribution in [2.75, 3.05) is 5.32 Å². The number of nitrogens with one attached hydrogen (secondary N) is 1. The predicted molar refractivity (Wildman–Crippen MR) is 103 cm³/mol. The second-order valence-corrected chi connectivity index (χ2v) is 6.80. The fourth-order valence-corrected chi connectivity index (χ4v) is 3.33. The molecule has 27 heavy (non-hydrogen) atoms. The van der Waals surface area contributed by atoms with Crippen molar-refractivity contribution in [2.24, 2.45) is 11.8 Å². The van der Waals surface area contributed by atoms with Gasteiger partial charge < -0.3 is 10.4 Å². The first-order valence-electron chi connectivity index (χ1n) is 8.55. The minimum Gasteiger partial charge on any atom is -0.481 e. The number of carbonyl (C=O) groups is 3. The normalized spacial score (nSPS) is 18.7. The van der Waals surface area contributed by atoms with E-state index in [1.165, 1.54) is 6.07 Å². The molecule has 2 aromatic rings. The highest BCUT2D eigenvalue weighted by Gasteiger charge is 2.34. The molecule has 0 fully saturated rings. The topological polar surface area (TPSA) is 83.5 Å². The number of aliphatic carboxylic acids is 1. The van der Waals surface area contributed by atoms with Crippen LogP contribution in [0.15, 0.2) is 60.7 Å². The molecule has 6 heteroatoms. The molecule has 0 heterocycles. The van der Waals surface area contributed by atoms with Crippen LogP contribution in [0.3, 0.4) is 0 Å². The van der Waals surface area contributed by atoms with Gasteiger partial charge in [0.1, 0.15) is 0 Å². The first-order chi connectivity index (χ1) is 13.0. The lowest BCUT2D eigenvalue weighted by Crippen LogP contribution is -2.35. The molecular weight excluding hydrogens is 366 g/mol. The number of ketones is 1. The quantitative estimate of drug-likeness (QED) is 0.599. The number of hydrogen-bond donors (Lipinski definition) is 2.